The van der Waals surface area contributed by atoms with Gasteiger partial charge in [0.05, 0.1) is 17.4 Å². The topological polar surface area (TPSA) is 53.1 Å². The summed E-state index contributed by atoms with van der Waals surface area (Å²) in [7, 11) is 0. The lowest BCUT2D eigenvalue weighted by Crippen LogP contribution is -2.62. The maximum atomic E-state index is 4.73. The summed E-state index contributed by atoms with van der Waals surface area (Å²) in [6.45, 7) is 6.27. The maximum Gasteiger partial charge on any atom is 0.156 e. The molecule has 0 aliphatic carbocycles. The van der Waals surface area contributed by atoms with E-state index in [-0.39, 0.29) is 0 Å². The van der Waals surface area contributed by atoms with Crippen LogP contribution in [0.25, 0.3) is 0 Å². The van der Waals surface area contributed by atoms with Gasteiger partial charge >= 0.3 is 0 Å². The van der Waals surface area contributed by atoms with Gasteiger partial charge in [-0.05, 0) is 26.2 Å². The summed E-state index contributed by atoms with van der Waals surface area (Å²) in [5, 5.41) is 7.32. The van der Waals surface area contributed by atoms with Crippen LogP contribution < -0.4 is 15.5 Å². The monoisotopic (exact) mass is 259 g/mol. The quantitative estimate of drug-likeness (QED) is 0.790. The predicted octanol–water partition coefficient (Wildman–Crippen LogP) is 1.08. The molecule has 3 aliphatic rings. The van der Waals surface area contributed by atoms with E-state index in [1.807, 2.05) is 6.92 Å². The van der Waals surface area contributed by atoms with Crippen LogP contribution in [0.5, 0.6) is 0 Å². The number of hydrogen-bond acceptors (Lipinski definition) is 5. The third-order valence-corrected chi connectivity index (χ3v) is 4.73. The number of hydrogen-bond donors (Lipinski definition) is 2. The average molecular weight is 259 g/mol. The highest BCUT2D eigenvalue weighted by Crippen LogP contribution is 2.37. The molecule has 2 saturated heterocycles. The average Bonchev–Trinajstić information content (AvgIpc) is 2.80. The first-order valence-electron chi connectivity index (χ1n) is 7.40. The summed E-state index contributed by atoms with van der Waals surface area (Å²) in [5.74, 6) is 2.03. The Hall–Kier alpha value is -1.36. The van der Waals surface area contributed by atoms with E-state index in [1.165, 1.54) is 18.5 Å². The summed E-state index contributed by atoms with van der Waals surface area (Å²) in [6, 6.07) is 1.82. The number of anilines is 2. The SMILES string of the molecule is CCc1nc(C)nc2c1NCC1[C@H]3CCC(CN21)N3. The van der Waals surface area contributed by atoms with Gasteiger partial charge in [0.1, 0.15) is 5.82 Å². The molecule has 0 spiro atoms. The molecule has 0 saturated carbocycles. The maximum absolute atomic E-state index is 4.73. The van der Waals surface area contributed by atoms with Crippen molar-refractivity contribution in [1.29, 1.82) is 0 Å². The van der Waals surface area contributed by atoms with Crippen LogP contribution in [0.1, 0.15) is 31.3 Å². The molecule has 2 bridgehead atoms. The van der Waals surface area contributed by atoms with E-state index < -0.39 is 0 Å². The van der Waals surface area contributed by atoms with Crippen LogP contribution in [0.3, 0.4) is 0 Å². The molecule has 4 rings (SSSR count). The summed E-state index contributed by atoms with van der Waals surface area (Å²) in [5.41, 5.74) is 2.33. The van der Waals surface area contributed by atoms with E-state index in [0.29, 0.717) is 18.1 Å². The molecule has 0 amide bonds. The minimum atomic E-state index is 0.547. The van der Waals surface area contributed by atoms with Crippen LogP contribution in [0.2, 0.25) is 0 Å². The van der Waals surface area contributed by atoms with E-state index in [9.17, 15) is 0 Å². The number of nitrogens with zero attached hydrogens (tertiary/aromatic N) is 3. The highest BCUT2D eigenvalue weighted by Gasteiger charge is 2.43. The minimum Gasteiger partial charge on any atom is -0.378 e. The normalized spacial score (nSPS) is 31.7. The summed E-state index contributed by atoms with van der Waals surface area (Å²) >= 11 is 0. The molecule has 0 aromatic carbocycles. The van der Waals surface area contributed by atoms with Crippen molar-refractivity contribution in [1.82, 2.24) is 15.3 Å². The molecule has 3 atom stereocenters. The molecule has 2 unspecified atom stereocenters. The van der Waals surface area contributed by atoms with Crippen molar-refractivity contribution in [3.8, 4) is 0 Å². The number of aromatic nitrogens is 2. The Balaban J connectivity index is 1.80. The number of rotatable bonds is 1. The lowest BCUT2D eigenvalue weighted by atomic mass is 10.0. The van der Waals surface area contributed by atoms with Gasteiger partial charge in [0, 0.05) is 25.2 Å². The third kappa shape index (κ3) is 1.64. The lowest BCUT2D eigenvalue weighted by molar-refractivity contribution is 0.379. The van der Waals surface area contributed by atoms with Crippen molar-refractivity contribution >= 4 is 11.5 Å². The lowest BCUT2D eigenvalue weighted by Gasteiger charge is -2.45. The van der Waals surface area contributed by atoms with Gasteiger partial charge in [0.15, 0.2) is 5.82 Å². The molecular formula is C14H21N5. The van der Waals surface area contributed by atoms with Crippen LogP contribution in [-0.4, -0.2) is 41.2 Å². The smallest absolute Gasteiger partial charge is 0.156 e. The van der Waals surface area contributed by atoms with E-state index in [4.69, 9.17) is 4.98 Å². The van der Waals surface area contributed by atoms with Crippen LogP contribution >= 0.6 is 0 Å². The zero-order valence-electron chi connectivity index (χ0n) is 11.6. The first-order valence-corrected chi connectivity index (χ1v) is 7.40. The van der Waals surface area contributed by atoms with E-state index >= 15 is 0 Å². The van der Waals surface area contributed by atoms with Gasteiger partial charge in [-0.15, -0.1) is 0 Å². The molecule has 1 aromatic heterocycles. The summed E-state index contributed by atoms with van der Waals surface area (Å²) in [4.78, 5) is 11.8. The van der Waals surface area contributed by atoms with Gasteiger partial charge in [0.25, 0.3) is 0 Å². The second-order valence-corrected chi connectivity index (χ2v) is 5.92. The van der Waals surface area contributed by atoms with Crippen LogP contribution in [0.4, 0.5) is 11.5 Å². The van der Waals surface area contributed by atoms with Crippen molar-refractivity contribution in [2.24, 2.45) is 0 Å². The van der Waals surface area contributed by atoms with Gasteiger partial charge in [0.2, 0.25) is 0 Å². The third-order valence-electron chi connectivity index (χ3n) is 4.73. The van der Waals surface area contributed by atoms with Crippen LogP contribution in [0, 0.1) is 6.92 Å². The molecule has 5 nitrogen and oxygen atoms in total. The van der Waals surface area contributed by atoms with Gasteiger partial charge < -0.3 is 15.5 Å². The van der Waals surface area contributed by atoms with E-state index in [1.54, 1.807) is 0 Å². The molecular weight excluding hydrogens is 238 g/mol. The van der Waals surface area contributed by atoms with Crippen molar-refractivity contribution in [3.63, 3.8) is 0 Å². The van der Waals surface area contributed by atoms with Crippen LogP contribution in [-0.2, 0) is 6.42 Å². The minimum absolute atomic E-state index is 0.547. The Morgan fingerprint density at radius 1 is 1.32 bits per heavy atom. The number of nitrogens with one attached hydrogen (secondary N) is 2. The highest BCUT2D eigenvalue weighted by molar-refractivity contribution is 5.72. The standard InChI is InChI=1S/C14H21N5/c1-3-10-13-14(17-8(2)16-10)19-7-9-4-5-11(18-9)12(19)6-15-13/h9,11-12,15,18H,3-7H2,1-2H3/t9?,11-,12?/m1/s1. The Morgan fingerprint density at radius 3 is 3.05 bits per heavy atom. The number of fused-ring (bicyclic) bond motifs is 6. The second-order valence-electron chi connectivity index (χ2n) is 5.92. The van der Waals surface area contributed by atoms with Crippen LogP contribution in [0.15, 0.2) is 0 Å². The van der Waals surface area contributed by atoms with Crippen molar-refractivity contribution in [2.75, 3.05) is 23.3 Å². The molecule has 0 radical (unpaired) electrons. The predicted molar refractivity (Wildman–Crippen MR) is 75.7 cm³/mol. The van der Waals surface area contributed by atoms with E-state index in [2.05, 4.69) is 27.4 Å². The summed E-state index contributed by atoms with van der Waals surface area (Å²) < 4.78 is 0. The Morgan fingerprint density at radius 2 is 2.21 bits per heavy atom. The first kappa shape index (κ1) is 11.5. The molecule has 102 valence electrons. The Bertz CT molecular complexity index is 515. The fraction of sp³-hybridized carbons (Fsp3) is 0.714. The zero-order valence-corrected chi connectivity index (χ0v) is 11.6. The number of aryl methyl sites for hydroxylation is 2. The van der Waals surface area contributed by atoms with Crippen molar-refractivity contribution in [3.05, 3.63) is 11.5 Å². The Labute approximate surface area is 113 Å². The molecule has 19 heavy (non-hydrogen) atoms. The Kier molecular flexibility index (Phi) is 2.45. The molecule has 5 heteroatoms. The fourth-order valence-corrected chi connectivity index (χ4v) is 3.85. The first-order chi connectivity index (χ1) is 9.26. The fourth-order valence-electron chi connectivity index (χ4n) is 3.85. The largest absolute Gasteiger partial charge is 0.378 e. The number of piperazine rings is 1. The van der Waals surface area contributed by atoms with Gasteiger partial charge in [-0.2, -0.15) is 0 Å². The molecule has 4 heterocycles. The molecule has 2 N–H and O–H groups in total. The molecule has 3 aliphatic heterocycles. The molecule has 1 aromatic rings. The van der Waals surface area contributed by atoms with Crippen molar-refractivity contribution in [2.45, 2.75) is 51.2 Å². The van der Waals surface area contributed by atoms with Gasteiger partial charge in [-0.25, -0.2) is 9.97 Å². The van der Waals surface area contributed by atoms with Crippen molar-refractivity contribution < 1.29 is 0 Å². The van der Waals surface area contributed by atoms with Gasteiger partial charge in [-0.1, -0.05) is 6.92 Å². The zero-order chi connectivity index (χ0) is 13.0. The highest BCUT2D eigenvalue weighted by atomic mass is 15.3. The van der Waals surface area contributed by atoms with E-state index in [0.717, 1.165) is 36.8 Å². The van der Waals surface area contributed by atoms with Gasteiger partial charge in [-0.3, -0.25) is 0 Å². The second kappa shape index (κ2) is 4.07. The molecule has 2 fully saturated rings. The summed E-state index contributed by atoms with van der Waals surface area (Å²) in [6.07, 6.45) is 3.56.